The minimum Gasteiger partial charge on any atom is -0.480 e. The van der Waals surface area contributed by atoms with Gasteiger partial charge in [-0.25, -0.2) is 0 Å². The summed E-state index contributed by atoms with van der Waals surface area (Å²) in [5, 5.41) is 8.81. The van der Waals surface area contributed by atoms with Gasteiger partial charge in [-0.05, 0) is 17.7 Å². The van der Waals surface area contributed by atoms with Crippen LogP contribution in [0.15, 0.2) is 24.3 Å². The van der Waals surface area contributed by atoms with Gasteiger partial charge in [0.15, 0.2) is 0 Å². The molecule has 1 aromatic carbocycles. The van der Waals surface area contributed by atoms with Crippen molar-refractivity contribution >= 4 is 5.97 Å². The molecule has 118 valence electrons. The first-order valence-electron chi connectivity index (χ1n) is 6.08. The topological polar surface area (TPSA) is 59.0 Å². The average Bonchev–Trinajstić information content (AvgIpc) is 2.36. The number of carboxylic acid groups (broad SMARTS) is 1. The van der Waals surface area contributed by atoms with Crippen molar-refractivity contribution < 1.29 is 32.5 Å². The van der Waals surface area contributed by atoms with E-state index in [4.69, 9.17) is 9.84 Å². The molecule has 0 atom stereocenters. The van der Waals surface area contributed by atoms with E-state index in [-0.39, 0.29) is 12.3 Å². The predicted molar refractivity (Wildman–Crippen MR) is 67.9 cm³/mol. The van der Waals surface area contributed by atoms with Gasteiger partial charge in [-0.3, -0.25) is 9.69 Å². The largest absolute Gasteiger partial charge is 0.573 e. The number of hydrogen-bond donors (Lipinski definition) is 1. The second-order valence-corrected chi connectivity index (χ2v) is 4.29. The summed E-state index contributed by atoms with van der Waals surface area (Å²) >= 11 is 0. The summed E-state index contributed by atoms with van der Waals surface area (Å²) in [4.78, 5) is 12.4. The molecule has 0 bridgehead atoms. The van der Waals surface area contributed by atoms with Gasteiger partial charge >= 0.3 is 12.3 Å². The molecule has 0 saturated heterocycles. The highest BCUT2D eigenvalue weighted by Gasteiger charge is 2.30. The van der Waals surface area contributed by atoms with Gasteiger partial charge in [-0.1, -0.05) is 12.1 Å². The van der Waals surface area contributed by atoms with Crippen molar-refractivity contribution in [3.05, 3.63) is 29.8 Å². The van der Waals surface area contributed by atoms with E-state index in [1.807, 2.05) is 0 Å². The number of methoxy groups -OCH3 is 1. The fourth-order valence-corrected chi connectivity index (χ4v) is 1.68. The predicted octanol–water partition coefficient (Wildman–Crippen LogP) is 2.12. The van der Waals surface area contributed by atoms with Crippen LogP contribution in [0.4, 0.5) is 13.2 Å². The first-order chi connectivity index (χ1) is 9.80. The smallest absolute Gasteiger partial charge is 0.480 e. The lowest BCUT2D eigenvalue weighted by Gasteiger charge is -2.20. The van der Waals surface area contributed by atoms with E-state index in [2.05, 4.69) is 4.74 Å². The highest BCUT2D eigenvalue weighted by Crippen LogP contribution is 2.23. The quantitative estimate of drug-likeness (QED) is 0.797. The number of benzene rings is 1. The molecule has 0 aliphatic heterocycles. The van der Waals surface area contributed by atoms with Crippen molar-refractivity contribution in [3.63, 3.8) is 0 Å². The Kier molecular flexibility index (Phi) is 6.44. The molecule has 0 saturated carbocycles. The Labute approximate surface area is 119 Å². The van der Waals surface area contributed by atoms with E-state index in [0.29, 0.717) is 25.3 Å². The molecule has 1 aromatic rings. The maximum atomic E-state index is 12.0. The average molecular weight is 307 g/mol. The number of rotatable bonds is 8. The van der Waals surface area contributed by atoms with Crippen LogP contribution in [-0.4, -0.2) is 49.1 Å². The normalized spacial score (nSPS) is 11.7. The van der Waals surface area contributed by atoms with Crippen LogP contribution in [0.2, 0.25) is 0 Å². The van der Waals surface area contributed by atoms with Crippen LogP contribution in [0.5, 0.6) is 5.75 Å². The van der Waals surface area contributed by atoms with E-state index >= 15 is 0 Å². The zero-order valence-electron chi connectivity index (χ0n) is 11.4. The van der Waals surface area contributed by atoms with Crippen molar-refractivity contribution in [1.82, 2.24) is 4.90 Å². The molecule has 0 unspecified atom stereocenters. The van der Waals surface area contributed by atoms with E-state index < -0.39 is 12.3 Å². The summed E-state index contributed by atoms with van der Waals surface area (Å²) in [5.74, 6) is -1.30. The van der Waals surface area contributed by atoms with Gasteiger partial charge in [0.2, 0.25) is 0 Å². The zero-order valence-corrected chi connectivity index (χ0v) is 11.4. The summed E-state index contributed by atoms with van der Waals surface area (Å²) in [5.41, 5.74) is 0.682. The molecular formula is C13H16F3NO4. The number of ether oxygens (including phenoxy) is 2. The van der Waals surface area contributed by atoms with Crippen LogP contribution >= 0.6 is 0 Å². The van der Waals surface area contributed by atoms with Crippen molar-refractivity contribution in [2.75, 3.05) is 26.8 Å². The maximum absolute atomic E-state index is 12.0. The van der Waals surface area contributed by atoms with Gasteiger partial charge in [0.25, 0.3) is 0 Å². The number of aliphatic carboxylic acids is 1. The summed E-state index contributed by atoms with van der Waals surface area (Å²) < 4.78 is 44.7. The Morgan fingerprint density at radius 3 is 2.38 bits per heavy atom. The number of hydrogen-bond acceptors (Lipinski definition) is 4. The monoisotopic (exact) mass is 307 g/mol. The van der Waals surface area contributed by atoms with Gasteiger partial charge in [0.1, 0.15) is 5.75 Å². The van der Waals surface area contributed by atoms with Crippen LogP contribution in [-0.2, 0) is 16.1 Å². The highest BCUT2D eigenvalue weighted by molar-refractivity contribution is 5.69. The lowest BCUT2D eigenvalue weighted by atomic mass is 10.2. The van der Waals surface area contributed by atoms with Crippen LogP contribution in [0.25, 0.3) is 0 Å². The SMILES string of the molecule is COCCN(CC(=O)O)Cc1ccc(OC(F)(F)F)cc1. The maximum Gasteiger partial charge on any atom is 0.573 e. The van der Waals surface area contributed by atoms with Crippen molar-refractivity contribution in [2.24, 2.45) is 0 Å². The first kappa shape index (κ1) is 17.3. The summed E-state index contributed by atoms with van der Waals surface area (Å²) in [7, 11) is 1.50. The van der Waals surface area contributed by atoms with Gasteiger partial charge in [-0.15, -0.1) is 13.2 Å². The Morgan fingerprint density at radius 2 is 1.90 bits per heavy atom. The van der Waals surface area contributed by atoms with Crippen LogP contribution in [0.3, 0.4) is 0 Å². The Bertz CT molecular complexity index is 448. The lowest BCUT2D eigenvalue weighted by Crippen LogP contribution is -2.32. The standard InChI is InChI=1S/C13H16F3NO4/c1-20-7-6-17(9-12(18)19)8-10-2-4-11(5-3-10)21-13(14,15)16/h2-5H,6-9H2,1H3,(H,18,19). The molecule has 1 rings (SSSR count). The molecule has 0 radical (unpaired) electrons. The summed E-state index contributed by atoms with van der Waals surface area (Å²) in [6.07, 6.45) is -4.73. The second kappa shape index (κ2) is 7.84. The lowest BCUT2D eigenvalue weighted by molar-refractivity contribution is -0.274. The fourth-order valence-electron chi connectivity index (χ4n) is 1.68. The van der Waals surface area contributed by atoms with Crippen molar-refractivity contribution in [3.8, 4) is 5.75 Å². The molecule has 21 heavy (non-hydrogen) atoms. The highest BCUT2D eigenvalue weighted by atomic mass is 19.4. The molecule has 0 heterocycles. The van der Waals surface area contributed by atoms with Gasteiger partial charge in [0.05, 0.1) is 13.2 Å². The molecule has 0 aromatic heterocycles. The molecule has 0 amide bonds. The van der Waals surface area contributed by atoms with E-state index in [0.717, 1.165) is 0 Å². The minimum absolute atomic E-state index is 0.176. The zero-order chi connectivity index (χ0) is 15.9. The second-order valence-electron chi connectivity index (χ2n) is 4.29. The van der Waals surface area contributed by atoms with E-state index in [1.54, 1.807) is 4.90 Å². The molecule has 0 aliphatic rings. The van der Waals surface area contributed by atoms with Gasteiger partial charge < -0.3 is 14.6 Å². The molecule has 0 aliphatic carbocycles. The van der Waals surface area contributed by atoms with Crippen molar-refractivity contribution in [2.45, 2.75) is 12.9 Å². The molecule has 0 fully saturated rings. The summed E-state index contributed by atoms with van der Waals surface area (Å²) in [6.45, 7) is 0.887. The van der Waals surface area contributed by atoms with E-state index in [1.165, 1.54) is 31.4 Å². The third-order valence-electron chi connectivity index (χ3n) is 2.53. The molecule has 5 nitrogen and oxygen atoms in total. The summed E-state index contributed by atoms with van der Waals surface area (Å²) in [6, 6.07) is 5.31. The Hall–Kier alpha value is -1.80. The molecule has 1 N–H and O–H groups in total. The van der Waals surface area contributed by atoms with Crippen LogP contribution in [0.1, 0.15) is 5.56 Å². The van der Waals surface area contributed by atoms with Gasteiger partial charge in [-0.2, -0.15) is 0 Å². The Balaban J connectivity index is 2.64. The van der Waals surface area contributed by atoms with Gasteiger partial charge in [0, 0.05) is 20.2 Å². The number of nitrogens with zero attached hydrogens (tertiary/aromatic N) is 1. The number of alkyl halides is 3. The minimum atomic E-state index is -4.73. The molecule has 8 heteroatoms. The molecule has 0 spiro atoms. The third-order valence-corrected chi connectivity index (χ3v) is 2.53. The Morgan fingerprint density at radius 1 is 1.29 bits per heavy atom. The fraction of sp³-hybridized carbons (Fsp3) is 0.462. The number of carboxylic acids is 1. The van der Waals surface area contributed by atoms with E-state index in [9.17, 15) is 18.0 Å². The number of halogens is 3. The van der Waals surface area contributed by atoms with Crippen LogP contribution in [0, 0.1) is 0 Å². The third kappa shape index (κ3) is 7.52. The van der Waals surface area contributed by atoms with Crippen molar-refractivity contribution in [1.29, 1.82) is 0 Å². The molecular weight excluding hydrogens is 291 g/mol. The first-order valence-corrected chi connectivity index (χ1v) is 6.08. The number of carbonyl (C=O) groups is 1. The van der Waals surface area contributed by atoms with Crippen LogP contribution < -0.4 is 4.74 Å².